The third-order valence-corrected chi connectivity index (χ3v) is 4.12. The van der Waals surface area contributed by atoms with Crippen molar-refractivity contribution in [2.24, 2.45) is 5.92 Å². The molecule has 0 bridgehead atoms. The number of hydrogen-bond acceptors (Lipinski definition) is 5. The topological polar surface area (TPSA) is 54.0 Å². The molecule has 0 N–H and O–H groups in total. The van der Waals surface area contributed by atoms with Gasteiger partial charge in [0.25, 0.3) is 0 Å². The summed E-state index contributed by atoms with van der Waals surface area (Å²) in [4.78, 5) is 11.6. The lowest BCUT2D eigenvalue weighted by Crippen LogP contribution is -2.38. The molecule has 2 aliphatic rings. The highest BCUT2D eigenvalue weighted by atomic mass is 16.7. The fraction of sp³-hybridized carbons (Fsp3) is 0.562. The first-order valence-corrected chi connectivity index (χ1v) is 7.65. The van der Waals surface area contributed by atoms with E-state index in [2.05, 4.69) is 13.8 Å². The predicted molar refractivity (Wildman–Crippen MR) is 83.1 cm³/mol. The molecule has 0 spiro atoms. The van der Waals surface area contributed by atoms with Crippen LogP contribution < -0.4 is 14.9 Å². The van der Waals surface area contributed by atoms with Crippen LogP contribution in [0.2, 0.25) is 0 Å². The molecular formula is C16H21BO5. The van der Waals surface area contributed by atoms with Crippen LogP contribution in [0.25, 0.3) is 0 Å². The van der Waals surface area contributed by atoms with Crippen molar-refractivity contribution in [1.82, 2.24) is 0 Å². The van der Waals surface area contributed by atoms with Crippen LogP contribution in [0.15, 0.2) is 12.1 Å². The van der Waals surface area contributed by atoms with E-state index in [1.165, 1.54) is 0 Å². The number of benzene rings is 1. The molecular weight excluding hydrogens is 283 g/mol. The molecule has 1 fully saturated rings. The zero-order valence-electron chi connectivity index (χ0n) is 13.4. The molecule has 3 rings (SSSR count). The molecule has 1 aromatic rings. The van der Waals surface area contributed by atoms with E-state index in [1.54, 1.807) is 6.07 Å². The SMILES string of the molecule is CC(C)C1OB(c2ccc3c(c2C=O)OCCO3)OC1(C)C. The molecule has 1 aromatic carbocycles. The molecule has 118 valence electrons. The van der Waals surface area contributed by atoms with Crippen LogP contribution in [0.3, 0.4) is 0 Å². The van der Waals surface area contributed by atoms with E-state index in [4.69, 9.17) is 18.8 Å². The predicted octanol–water partition coefficient (Wildman–Crippen LogP) is 1.82. The fourth-order valence-electron chi connectivity index (χ4n) is 3.24. The van der Waals surface area contributed by atoms with Crippen LogP contribution in [-0.2, 0) is 9.31 Å². The highest BCUT2D eigenvalue weighted by molar-refractivity contribution is 6.63. The molecule has 0 saturated carbocycles. The molecule has 1 atom stereocenters. The Bertz CT molecular complexity index is 584. The number of aldehydes is 1. The Labute approximate surface area is 131 Å². The molecule has 2 heterocycles. The van der Waals surface area contributed by atoms with Crippen LogP contribution in [0.1, 0.15) is 38.1 Å². The van der Waals surface area contributed by atoms with Crippen LogP contribution >= 0.6 is 0 Å². The molecule has 5 nitrogen and oxygen atoms in total. The number of carbonyl (C=O) groups is 1. The molecule has 1 unspecified atom stereocenters. The van der Waals surface area contributed by atoms with Gasteiger partial charge in [-0.05, 0) is 31.3 Å². The summed E-state index contributed by atoms with van der Waals surface area (Å²) in [7, 11) is -0.571. The van der Waals surface area contributed by atoms with Gasteiger partial charge in [0, 0.05) is 0 Å². The van der Waals surface area contributed by atoms with Crippen molar-refractivity contribution in [2.75, 3.05) is 13.2 Å². The number of rotatable bonds is 3. The number of hydrogen-bond donors (Lipinski definition) is 0. The Kier molecular flexibility index (Phi) is 3.91. The van der Waals surface area contributed by atoms with Crippen molar-refractivity contribution in [3.05, 3.63) is 17.7 Å². The Morgan fingerprint density at radius 1 is 1.27 bits per heavy atom. The van der Waals surface area contributed by atoms with E-state index < -0.39 is 12.7 Å². The van der Waals surface area contributed by atoms with E-state index in [0.29, 0.717) is 41.7 Å². The molecule has 6 heteroatoms. The molecule has 0 amide bonds. The lowest BCUT2D eigenvalue weighted by Gasteiger charge is -2.28. The van der Waals surface area contributed by atoms with Crippen LogP contribution in [0.4, 0.5) is 0 Å². The summed E-state index contributed by atoms with van der Waals surface area (Å²) in [5.74, 6) is 1.39. The van der Waals surface area contributed by atoms with E-state index in [0.717, 1.165) is 6.29 Å². The normalized spacial score (nSPS) is 23.0. The van der Waals surface area contributed by atoms with E-state index in [-0.39, 0.29) is 6.10 Å². The van der Waals surface area contributed by atoms with Gasteiger partial charge < -0.3 is 18.8 Å². The van der Waals surface area contributed by atoms with Gasteiger partial charge in [-0.25, -0.2) is 0 Å². The standard InChI is InChI=1S/C16H21BO5/c1-10(2)15-16(3,4)22-17(21-15)12-5-6-13-14(11(12)9-18)20-8-7-19-13/h5-6,9-10,15H,7-8H2,1-4H3. The van der Waals surface area contributed by atoms with Crippen LogP contribution in [0.5, 0.6) is 11.5 Å². The summed E-state index contributed by atoms with van der Waals surface area (Å²) in [6.07, 6.45) is 0.746. The third kappa shape index (κ3) is 2.50. The monoisotopic (exact) mass is 304 g/mol. The summed E-state index contributed by atoms with van der Waals surface area (Å²) >= 11 is 0. The summed E-state index contributed by atoms with van der Waals surface area (Å²) in [6.45, 7) is 9.14. The number of ether oxygens (including phenoxy) is 2. The molecule has 0 aromatic heterocycles. The minimum Gasteiger partial charge on any atom is -0.486 e. The van der Waals surface area contributed by atoms with Crippen molar-refractivity contribution in [2.45, 2.75) is 39.4 Å². The quantitative estimate of drug-likeness (QED) is 0.630. The first kappa shape index (κ1) is 15.4. The molecule has 1 saturated heterocycles. The highest BCUT2D eigenvalue weighted by Crippen LogP contribution is 2.35. The van der Waals surface area contributed by atoms with Crippen LogP contribution in [0, 0.1) is 5.92 Å². The summed E-state index contributed by atoms with van der Waals surface area (Å²) in [5.41, 5.74) is 0.726. The third-order valence-electron chi connectivity index (χ3n) is 4.12. The van der Waals surface area contributed by atoms with Gasteiger partial charge in [-0.15, -0.1) is 0 Å². The maximum Gasteiger partial charge on any atom is 0.495 e. The Balaban J connectivity index is 1.98. The lowest BCUT2D eigenvalue weighted by molar-refractivity contribution is 0.0438. The van der Waals surface area contributed by atoms with Gasteiger partial charge in [-0.3, -0.25) is 4.79 Å². The molecule has 0 aliphatic carbocycles. The Morgan fingerprint density at radius 2 is 2.00 bits per heavy atom. The maximum absolute atomic E-state index is 11.6. The van der Waals surface area contributed by atoms with Crippen molar-refractivity contribution < 1.29 is 23.6 Å². The van der Waals surface area contributed by atoms with Gasteiger partial charge in [-0.2, -0.15) is 0 Å². The second-order valence-electron chi connectivity index (χ2n) is 6.56. The molecule has 22 heavy (non-hydrogen) atoms. The Hall–Kier alpha value is -1.53. The van der Waals surface area contributed by atoms with E-state index >= 15 is 0 Å². The zero-order chi connectivity index (χ0) is 15.9. The van der Waals surface area contributed by atoms with Crippen molar-refractivity contribution in [1.29, 1.82) is 0 Å². The zero-order valence-corrected chi connectivity index (χ0v) is 13.4. The smallest absolute Gasteiger partial charge is 0.486 e. The Morgan fingerprint density at radius 3 is 2.64 bits per heavy atom. The summed E-state index contributed by atoms with van der Waals surface area (Å²) in [5, 5.41) is 0. The van der Waals surface area contributed by atoms with Gasteiger partial charge in [0.2, 0.25) is 0 Å². The average Bonchev–Trinajstić information content (AvgIpc) is 2.81. The lowest BCUT2D eigenvalue weighted by atomic mass is 9.75. The molecule has 2 aliphatic heterocycles. The summed E-state index contributed by atoms with van der Waals surface area (Å²) < 4.78 is 23.3. The van der Waals surface area contributed by atoms with Crippen molar-refractivity contribution in [3.63, 3.8) is 0 Å². The van der Waals surface area contributed by atoms with Gasteiger partial charge in [-0.1, -0.05) is 19.9 Å². The van der Waals surface area contributed by atoms with Gasteiger partial charge >= 0.3 is 7.12 Å². The first-order valence-electron chi connectivity index (χ1n) is 7.65. The van der Waals surface area contributed by atoms with E-state index in [1.807, 2.05) is 19.9 Å². The highest BCUT2D eigenvalue weighted by Gasteiger charge is 2.48. The van der Waals surface area contributed by atoms with Crippen molar-refractivity contribution in [3.8, 4) is 11.5 Å². The van der Waals surface area contributed by atoms with Gasteiger partial charge in [0.1, 0.15) is 13.2 Å². The van der Waals surface area contributed by atoms with Gasteiger partial charge in [0.05, 0.1) is 17.3 Å². The van der Waals surface area contributed by atoms with Crippen LogP contribution in [-0.4, -0.2) is 38.3 Å². The molecule has 0 radical (unpaired) electrons. The summed E-state index contributed by atoms with van der Waals surface area (Å²) in [6, 6.07) is 3.62. The largest absolute Gasteiger partial charge is 0.495 e. The van der Waals surface area contributed by atoms with Gasteiger partial charge in [0.15, 0.2) is 17.8 Å². The minimum atomic E-state index is -0.571. The van der Waals surface area contributed by atoms with E-state index in [9.17, 15) is 4.79 Å². The maximum atomic E-state index is 11.6. The second kappa shape index (κ2) is 5.59. The fourth-order valence-corrected chi connectivity index (χ4v) is 3.24. The second-order valence-corrected chi connectivity index (χ2v) is 6.56. The number of fused-ring (bicyclic) bond motifs is 1. The first-order chi connectivity index (χ1) is 10.4. The average molecular weight is 304 g/mol. The minimum absolute atomic E-state index is 0.0368. The van der Waals surface area contributed by atoms with Crippen molar-refractivity contribution >= 4 is 18.9 Å². The number of carbonyl (C=O) groups excluding carboxylic acids is 1.